The Morgan fingerprint density at radius 2 is 2.31 bits per heavy atom. The summed E-state index contributed by atoms with van der Waals surface area (Å²) in [5, 5.41) is 0.424. The Balaban J connectivity index is 2.23. The number of nitrogens with zero attached hydrogens (tertiary/aromatic N) is 2. The third-order valence-corrected chi connectivity index (χ3v) is 4.22. The van der Waals surface area contributed by atoms with Gasteiger partial charge in [0.1, 0.15) is 5.82 Å². The zero-order valence-corrected chi connectivity index (χ0v) is 10.5. The van der Waals surface area contributed by atoms with Crippen molar-refractivity contribution in [1.82, 2.24) is 9.97 Å². The summed E-state index contributed by atoms with van der Waals surface area (Å²) in [6, 6.07) is 0. The first-order valence-corrected chi connectivity index (χ1v) is 6.69. The van der Waals surface area contributed by atoms with Crippen LogP contribution in [0, 0.1) is 6.92 Å². The standard InChI is InChI=1S/C12H16N2OS/c1-8-10(9(2)15)7-13-12(14-8)11-5-3-4-6-16-11/h7,11H,3-6H2,1-2H3. The normalized spacial score (nSPS) is 20.8. The van der Waals surface area contributed by atoms with Gasteiger partial charge in [0.2, 0.25) is 0 Å². The number of rotatable bonds is 2. The van der Waals surface area contributed by atoms with Crippen LogP contribution in [0.15, 0.2) is 6.20 Å². The topological polar surface area (TPSA) is 42.9 Å². The first-order chi connectivity index (χ1) is 7.68. The maximum atomic E-state index is 11.3. The molecule has 1 fully saturated rings. The molecule has 2 heterocycles. The summed E-state index contributed by atoms with van der Waals surface area (Å²) in [6.45, 7) is 3.44. The lowest BCUT2D eigenvalue weighted by atomic mass is 10.1. The highest BCUT2D eigenvalue weighted by Gasteiger charge is 2.19. The molecule has 0 amide bonds. The molecule has 3 nitrogen and oxygen atoms in total. The van der Waals surface area contributed by atoms with Gasteiger partial charge in [-0.3, -0.25) is 4.79 Å². The highest BCUT2D eigenvalue weighted by molar-refractivity contribution is 7.99. The molecule has 2 rings (SSSR count). The number of Topliss-reactive ketones (excluding diaryl/α,β-unsaturated/α-hetero) is 1. The van der Waals surface area contributed by atoms with Gasteiger partial charge < -0.3 is 0 Å². The molecule has 0 bridgehead atoms. The number of aryl methyl sites for hydroxylation is 1. The monoisotopic (exact) mass is 236 g/mol. The van der Waals surface area contributed by atoms with E-state index in [1.165, 1.54) is 18.6 Å². The number of ketones is 1. The van der Waals surface area contributed by atoms with Crippen LogP contribution in [0.5, 0.6) is 0 Å². The minimum Gasteiger partial charge on any atom is -0.294 e. The molecular weight excluding hydrogens is 220 g/mol. The molecule has 16 heavy (non-hydrogen) atoms. The molecule has 1 aromatic heterocycles. The summed E-state index contributed by atoms with van der Waals surface area (Å²) in [7, 11) is 0. The van der Waals surface area contributed by atoms with Crippen molar-refractivity contribution in [2.45, 2.75) is 38.4 Å². The smallest absolute Gasteiger partial charge is 0.163 e. The van der Waals surface area contributed by atoms with Crippen LogP contribution in [0.3, 0.4) is 0 Å². The van der Waals surface area contributed by atoms with Crippen molar-refractivity contribution >= 4 is 17.5 Å². The molecular formula is C12H16N2OS. The molecule has 1 saturated heterocycles. The van der Waals surface area contributed by atoms with Gasteiger partial charge in [0, 0.05) is 6.20 Å². The van der Waals surface area contributed by atoms with Crippen LogP contribution >= 0.6 is 11.8 Å². The molecule has 0 N–H and O–H groups in total. The minimum absolute atomic E-state index is 0.0420. The zero-order chi connectivity index (χ0) is 11.5. The van der Waals surface area contributed by atoms with E-state index in [9.17, 15) is 4.79 Å². The lowest BCUT2D eigenvalue weighted by Gasteiger charge is -2.20. The van der Waals surface area contributed by atoms with E-state index in [4.69, 9.17) is 0 Å². The summed E-state index contributed by atoms with van der Waals surface area (Å²) < 4.78 is 0. The molecule has 0 aromatic carbocycles. The van der Waals surface area contributed by atoms with Crippen molar-refractivity contribution in [2.24, 2.45) is 0 Å². The van der Waals surface area contributed by atoms with Gasteiger partial charge in [-0.2, -0.15) is 11.8 Å². The average molecular weight is 236 g/mol. The second kappa shape index (κ2) is 4.95. The number of hydrogen-bond donors (Lipinski definition) is 0. The van der Waals surface area contributed by atoms with E-state index in [1.54, 1.807) is 13.1 Å². The Labute approximate surface area is 100 Å². The molecule has 1 unspecified atom stereocenters. The fourth-order valence-corrected chi connectivity index (χ4v) is 3.18. The Morgan fingerprint density at radius 3 is 2.88 bits per heavy atom. The lowest BCUT2D eigenvalue weighted by Crippen LogP contribution is -2.09. The molecule has 0 aliphatic carbocycles. The van der Waals surface area contributed by atoms with Crippen molar-refractivity contribution in [3.05, 3.63) is 23.3 Å². The summed E-state index contributed by atoms with van der Waals surface area (Å²) >= 11 is 1.93. The van der Waals surface area contributed by atoms with Crippen LogP contribution in [0.1, 0.15) is 53.3 Å². The quantitative estimate of drug-likeness (QED) is 0.740. The van der Waals surface area contributed by atoms with E-state index >= 15 is 0 Å². The molecule has 86 valence electrons. The molecule has 1 aliphatic rings. The van der Waals surface area contributed by atoms with Crippen molar-refractivity contribution in [2.75, 3.05) is 5.75 Å². The highest BCUT2D eigenvalue weighted by atomic mass is 32.2. The minimum atomic E-state index is 0.0420. The SMILES string of the molecule is CC(=O)c1cnc(C2CCCCS2)nc1C. The second-order valence-electron chi connectivity index (χ2n) is 4.14. The largest absolute Gasteiger partial charge is 0.294 e. The highest BCUT2D eigenvalue weighted by Crippen LogP contribution is 2.36. The lowest BCUT2D eigenvalue weighted by molar-refractivity contribution is 0.101. The molecule has 0 radical (unpaired) electrons. The second-order valence-corrected chi connectivity index (χ2v) is 5.45. The van der Waals surface area contributed by atoms with Crippen molar-refractivity contribution in [3.63, 3.8) is 0 Å². The molecule has 0 saturated carbocycles. The van der Waals surface area contributed by atoms with Gasteiger partial charge in [-0.25, -0.2) is 9.97 Å². The molecule has 0 spiro atoms. The predicted molar refractivity (Wildman–Crippen MR) is 65.8 cm³/mol. The maximum absolute atomic E-state index is 11.3. The van der Waals surface area contributed by atoms with E-state index in [1.807, 2.05) is 18.7 Å². The average Bonchev–Trinajstić information content (AvgIpc) is 2.29. The third kappa shape index (κ3) is 2.43. The first-order valence-electron chi connectivity index (χ1n) is 5.64. The summed E-state index contributed by atoms with van der Waals surface area (Å²) in [5.74, 6) is 2.13. The van der Waals surface area contributed by atoms with Crippen LogP contribution in [-0.4, -0.2) is 21.5 Å². The number of thioether (sulfide) groups is 1. The first kappa shape index (κ1) is 11.6. The van der Waals surface area contributed by atoms with Gasteiger partial charge in [0.15, 0.2) is 5.78 Å². The van der Waals surface area contributed by atoms with Crippen molar-refractivity contribution < 1.29 is 4.79 Å². The predicted octanol–water partition coefficient (Wildman–Crippen LogP) is 2.95. The van der Waals surface area contributed by atoms with Gasteiger partial charge in [0.25, 0.3) is 0 Å². The van der Waals surface area contributed by atoms with Gasteiger partial charge in [-0.1, -0.05) is 6.42 Å². The van der Waals surface area contributed by atoms with E-state index in [-0.39, 0.29) is 5.78 Å². The third-order valence-electron chi connectivity index (χ3n) is 2.84. The Kier molecular flexibility index (Phi) is 3.59. The van der Waals surface area contributed by atoms with Gasteiger partial charge >= 0.3 is 0 Å². The van der Waals surface area contributed by atoms with Gasteiger partial charge in [0.05, 0.1) is 16.5 Å². The van der Waals surface area contributed by atoms with Gasteiger partial charge in [-0.15, -0.1) is 0 Å². The number of carbonyl (C=O) groups excluding carboxylic acids is 1. The van der Waals surface area contributed by atoms with Crippen LogP contribution in [0.25, 0.3) is 0 Å². The number of carbonyl (C=O) groups is 1. The van der Waals surface area contributed by atoms with E-state index in [0.29, 0.717) is 10.8 Å². The Morgan fingerprint density at radius 1 is 1.50 bits per heavy atom. The van der Waals surface area contributed by atoms with Gasteiger partial charge in [-0.05, 0) is 32.4 Å². The zero-order valence-electron chi connectivity index (χ0n) is 9.69. The molecule has 4 heteroatoms. The van der Waals surface area contributed by atoms with Crippen LogP contribution in [-0.2, 0) is 0 Å². The van der Waals surface area contributed by atoms with Crippen molar-refractivity contribution in [3.8, 4) is 0 Å². The summed E-state index contributed by atoms with van der Waals surface area (Å²) in [5.41, 5.74) is 1.45. The number of hydrogen-bond acceptors (Lipinski definition) is 4. The Hall–Kier alpha value is -0.900. The number of aromatic nitrogens is 2. The molecule has 1 aromatic rings. The maximum Gasteiger partial charge on any atom is 0.163 e. The Bertz CT molecular complexity index is 400. The fraction of sp³-hybridized carbons (Fsp3) is 0.583. The molecule has 1 aliphatic heterocycles. The molecule has 1 atom stereocenters. The van der Waals surface area contributed by atoms with E-state index in [2.05, 4.69) is 9.97 Å². The van der Waals surface area contributed by atoms with Crippen LogP contribution in [0.2, 0.25) is 0 Å². The van der Waals surface area contributed by atoms with E-state index < -0.39 is 0 Å². The van der Waals surface area contributed by atoms with Crippen LogP contribution < -0.4 is 0 Å². The van der Waals surface area contributed by atoms with Crippen molar-refractivity contribution in [1.29, 1.82) is 0 Å². The fourth-order valence-electron chi connectivity index (χ4n) is 1.93. The van der Waals surface area contributed by atoms with Crippen LogP contribution in [0.4, 0.5) is 0 Å². The summed E-state index contributed by atoms with van der Waals surface area (Å²) in [6.07, 6.45) is 5.39. The van der Waals surface area contributed by atoms with E-state index in [0.717, 1.165) is 17.9 Å². The summed E-state index contributed by atoms with van der Waals surface area (Å²) in [4.78, 5) is 20.1.